The first-order valence-electron chi connectivity index (χ1n) is 10.1. The number of aliphatic hydroxyl groups is 1. The molecule has 2 aromatic carbocycles. The van der Waals surface area contributed by atoms with Crippen LogP contribution in [-0.2, 0) is 9.59 Å². The molecule has 2 aliphatic rings. The van der Waals surface area contributed by atoms with Crippen LogP contribution in [0.25, 0.3) is 5.76 Å². The van der Waals surface area contributed by atoms with Gasteiger partial charge in [-0.1, -0.05) is 29.3 Å². The summed E-state index contributed by atoms with van der Waals surface area (Å²) < 4.78 is 15.9. The molecule has 10 heteroatoms. The summed E-state index contributed by atoms with van der Waals surface area (Å²) in [5, 5.41) is 11.5. The zero-order chi connectivity index (χ0) is 24.0. The maximum Gasteiger partial charge on any atom is 0.300 e. The van der Waals surface area contributed by atoms with Crippen LogP contribution in [0.15, 0.2) is 60.3 Å². The van der Waals surface area contributed by atoms with Gasteiger partial charge in [-0.3, -0.25) is 19.5 Å². The Balaban J connectivity index is 1.70. The highest BCUT2D eigenvalue weighted by Crippen LogP contribution is 2.45. The van der Waals surface area contributed by atoms with Crippen LogP contribution >= 0.6 is 23.2 Å². The number of Topliss-reactive ketones (excluding diaryl/α,β-unsaturated/α-hetero) is 1. The number of fused-ring (bicyclic) bond motifs is 1. The van der Waals surface area contributed by atoms with Crippen LogP contribution in [0.1, 0.15) is 17.3 Å². The van der Waals surface area contributed by atoms with Crippen LogP contribution in [0, 0.1) is 0 Å². The highest BCUT2D eigenvalue weighted by atomic mass is 35.5. The molecule has 2 aliphatic heterocycles. The standard InChI is InChI=1S/C24H16Cl2N2O6/c1-32-23-14(25)8-12(9-15(23)26)21(29)19-20(16-4-2-3-7-27-16)28(24(31)22(19)30)13-5-6-17-18(10-13)34-11-33-17/h2-10,20,29H,11H2,1H3/b21-19+. The van der Waals surface area contributed by atoms with Gasteiger partial charge in [0, 0.05) is 23.5 Å². The average Bonchev–Trinajstić information content (AvgIpc) is 3.41. The summed E-state index contributed by atoms with van der Waals surface area (Å²) in [4.78, 5) is 32.1. The molecule has 5 rings (SSSR count). The normalized spacial score (nSPS) is 18.4. The molecule has 1 aromatic heterocycles. The number of nitrogens with zero attached hydrogens (tertiary/aromatic N) is 2. The number of ketones is 1. The van der Waals surface area contributed by atoms with E-state index in [0.717, 1.165) is 0 Å². The Morgan fingerprint density at radius 2 is 1.82 bits per heavy atom. The lowest BCUT2D eigenvalue weighted by Crippen LogP contribution is -2.29. The number of carbonyl (C=O) groups excluding carboxylic acids is 2. The average molecular weight is 499 g/mol. The zero-order valence-corrected chi connectivity index (χ0v) is 19.1. The molecule has 1 unspecified atom stereocenters. The van der Waals surface area contributed by atoms with E-state index in [1.807, 2.05) is 0 Å². The van der Waals surface area contributed by atoms with E-state index in [9.17, 15) is 14.7 Å². The molecule has 172 valence electrons. The van der Waals surface area contributed by atoms with Crippen molar-refractivity contribution in [2.45, 2.75) is 6.04 Å². The van der Waals surface area contributed by atoms with Gasteiger partial charge in [0.2, 0.25) is 6.79 Å². The van der Waals surface area contributed by atoms with Gasteiger partial charge in [-0.05, 0) is 36.4 Å². The highest BCUT2D eigenvalue weighted by molar-refractivity contribution is 6.51. The summed E-state index contributed by atoms with van der Waals surface area (Å²) in [7, 11) is 1.41. The van der Waals surface area contributed by atoms with E-state index >= 15 is 0 Å². The molecule has 0 spiro atoms. The Bertz CT molecular complexity index is 1340. The fourth-order valence-electron chi connectivity index (χ4n) is 4.00. The Kier molecular flexibility index (Phi) is 5.55. The second-order valence-corrected chi connectivity index (χ2v) is 8.25. The summed E-state index contributed by atoms with van der Waals surface area (Å²) in [6, 6.07) is 11.8. The van der Waals surface area contributed by atoms with Gasteiger partial charge in [0.1, 0.15) is 11.8 Å². The van der Waals surface area contributed by atoms with E-state index in [0.29, 0.717) is 22.9 Å². The molecule has 1 N–H and O–H groups in total. The number of amides is 1. The second kappa shape index (κ2) is 8.55. The molecule has 3 heterocycles. The molecule has 8 nitrogen and oxygen atoms in total. The van der Waals surface area contributed by atoms with Crippen molar-refractivity contribution in [3.05, 3.63) is 81.6 Å². The fraction of sp³-hybridized carbons (Fsp3) is 0.125. The van der Waals surface area contributed by atoms with E-state index in [4.69, 9.17) is 37.4 Å². The number of hydrogen-bond donors (Lipinski definition) is 1. The topological polar surface area (TPSA) is 98.2 Å². The van der Waals surface area contributed by atoms with Gasteiger partial charge in [-0.15, -0.1) is 0 Å². The number of aliphatic hydroxyl groups excluding tert-OH is 1. The molecule has 1 saturated heterocycles. The zero-order valence-electron chi connectivity index (χ0n) is 17.6. The minimum absolute atomic E-state index is 0.0558. The third-order valence-electron chi connectivity index (χ3n) is 5.52. The van der Waals surface area contributed by atoms with Crippen molar-refractivity contribution in [3.63, 3.8) is 0 Å². The molecule has 3 aromatic rings. The number of halogens is 2. The third-order valence-corrected chi connectivity index (χ3v) is 6.08. The van der Waals surface area contributed by atoms with Gasteiger partial charge < -0.3 is 19.3 Å². The predicted molar refractivity (Wildman–Crippen MR) is 125 cm³/mol. The minimum Gasteiger partial charge on any atom is -0.507 e. The molecule has 1 atom stereocenters. The van der Waals surface area contributed by atoms with E-state index in [1.54, 1.807) is 36.4 Å². The lowest BCUT2D eigenvalue weighted by atomic mass is 9.98. The number of carbonyl (C=O) groups is 2. The summed E-state index contributed by atoms with van der Waals surface area (Å²) in [5.74, 6) is -0.966. The predicted octanol–water partition coefficient (Wildman–Crippen LogP) is 4.75. The SMILES string of the molecule is COc1c(Cl)cc(/C(O)=C2\C(=O)C(=O)N(c3ccc4c(c3)OCO4)C2c2ccccn2)cc1Cl. The smallest absolute Gasteiger partial charge is 0.300 e. The summed E-state index contributed by atoms with van der Waals surface area (Å²) in [5.41, 5.74) is 0.762. The molecular weight excluding hydrogens is 483 g/mol. The number of ether oxygens (including phenoxy) is 3. The Morgan fingerprint density at radius 1 is 1.09 bits per heavy atom. The quantitative estimate of drug-likeness (QED) is 0.314. The molecule has 0 saturated carbocycles. The summed E-state index contributed by atoms with van der Waals surface area (Å²) in [6.07, 6.45) is 1.54. The Morgan fingerprint density at radius 3 is 2.50 bits per heavy atom. The van der Waals surface area contributed by atoms with Gasteiger partial charge in [0.25, 0.3) is 11.7 Å². The van der Waals surface area contributed by atoms with Crippen LogP contribution < -0.4 is 19.1 Å². The van der Waals surface area contributed by atoms with Crippen molar-refractivity contribution in [2.75, 3.05) is 18.8 Å². The van der Waals surface area contributed by atoms with Gasteiger partial charge in [-0.25, -0.2) is 0 Å². The van der Waals surface area contributed by atoms with Crippen molar-refractivity contribution in [1.82, 2.24) is 4.98 Å². The highest BCUT2D eigenvalue weighted by Gasteiger charge is 2.48. The number of methoxy groups -OCH3 is 1. The third kappa shape index (κ3) is 3.52. The van der Waals surface area contributed by atoms with Crippen molar-refractivity contribution in [2.24, 2.45) is 0 Å². The van der Waals surface area contributed by atoms with Crippen molar-refractivity contribution >= 4 is 46.3 Å². The molecule has 1 fully saturated rings. The minimum atomic E-state index is -1.01. The maximum absolute atomic E-state index is 13.2. The van der Waals surface area contributed by atoms with E-state index in [2.05, 4.69) is 4.98 Å². The first-order valence-corrected chi connectivity index (χ1v) is 10.8. The van der Waals surface area contributed by atoms with Crippen LogP contribution in [0.4, 0.5) is 5.69 Å². The first kappa shape index (κ1) is 22.1. The molecule has 1 amide bonds. The number of aromatic nitrogens is 1. The largest absolute Gasteiger partial charge is 0.507 e. The molecule has 0 radical (unpaired) electrons. The van der Waals surface area contributed by atoms with Gasteiger partial charge >= 0.3 is 0 Å². The van der Waals surface area contributed by atoms with Crippen LogP contribution in [-0.4, -0.2) is 35.7 Å². The number of anilines is 1. The fourth-order valence-corrected chi connectivity index (χ4v) is 4.64. The van der Waals surface area contributed by atoms with Gasteiger partial charge in [0.15, 0.2) is 17.2 Å². The second-order valence-electron chi connectivity index (χ2n) is 7.43. The van der Waals surface area contributed by atoms with Gasteiger partial charge in [0.05, 0.1) is 28.4 Å². The molecular formula is C24H16Cl2N2O6. The van der Waals surface area contributed by atoms with Crippen LogP contribution in [0.2, 0.25) is 10.0 Å². The first-order chi connectivity index (χ1) is 16.4. The van der Waals surface area contributed by atoms with Gasteiger partial charge in [-0.2, -0.15) is 0 Å². The molecule has 0 aliphatic carbocycles. The number of benzene rings is 2. The number of rotatable bonds is 4. The molecule has 34 heavy (non-hydrogen) atoms. The van der Waals surface area contributed by atoms with Crippen LogP contribution in [0.3, 0.4) is 0 Å². The van der Waals surface area contributed by atoms with E-state index in [-0.39, 0.29) is 33.7 Å². The van der Waals surface area contributed by atoms with E-state index in [1.165, 1.54) is 30.3 Å². The lowest BCUT2D eigenvalue weighted by Gasteiger charge is -2.24. The number of pyridine rings is 1. The Hall–Kier alpha value is -3.75. The monoisotopic (exact) mass is 498 g/mol. The van der Waals surface area contributed by atoms with Crippen molar-refractivity contribution in [3.8, 4) is 17.2 Å². The maximum atomic E-state index is 13.2. The Labute approximate surface area is 203 Å². The van der Waals surface area contributed by atoms with E-state index < -0.39 is 23.5 Å². The molecule has 0 bridgehead atoms. The van der Waals surface area contributed by atoms with Crippen molar-refractivity contribution in [1.29, 1.82) is 0 Å². The van der Waals surface area contributed by atoms with Crippen LogP contribution in [0.5, 0.6) is 17.2 Å². The lowest BCUT2D eigenvalue weighted by molar-refractivity contribution is -0.132. The van der Waals surface area contributed by atoms with Crippen molar-refractivity contribution < 1.29 is 28.9 Å². The summed E-state index contributed by atoms with van der Waals surface area (Å²) >= 11 is 12.5. The number of hydrogen-bond acceptors (Lipinski definition) is 7. The summed E-state index contributed by atoms with van der Waals surface area (Å²) in [6.45, 7) is 0.0558.